The van der Waals surface area contributed by atoms with Crippen LogP contribution in [0.15, 0.2) is 36.5 Å². The standard InChI is InChI=1S/C26H36N6O2/c1-17(2)23-16-34-26(33)32(23)24-11-12-27-25(29-24)28-18(3)20-7-5-19(6-8-20)13-31-21-9-10-22(31)15-30(4)14-21/h5-8,11-12,17-18,21-23H,9-10,13-16H2,1-4H3,(H,27,28,29). The van der Waals surface area contributed by atoms with E-state index in [0.717, 1.165) is 6.54 Å². The Balaban J connectivity index is 1.23. The van der Waals surface area contributed by atoms with Crippen molar-refractivity contribution in [1.29, 1.82) is 0 Å². The van der Waals surface area contributed by atoms with E-state index in [-0.39, 0.29) is 24.1 Å². The number of hydrogen-bond donors (Lipinski definition) is 1. The van der Waals surface area contributed by atoms with Crippen LogP contribution in [-0.2, 0) is 11.3 Å². The van der Waals surface area contributed by atoms with Crippen LogP contribution in [0.25, 0.3) is 0 Å². The Labute approximate surface area is 202 Å². The van der Waals surface area contributed by atoms with Crippen molar-refractivity contribution in [3.63, 3.8) is 0 Å². The number of carbonyl (C=O) groups excluding carboxylic acids is 1. The van der Waals surface area contributed by atoms with Crippen LogP contribution in [0.5, 0.6) is 0 Å². The first-order valence-corrected chi connectivity index (χ1v) is 12.5. The molecule has 4 atom stereocenters. The van der Waals surface area contributed by atoms with Gasteiger partial charge in [0.2, 0.25) is 5.95 Å². The van der Waals surface area contributed by atoms with Crippen molar-refractivity contribution in [3.05, 3.63) is 47.7 Å². The summed E-state index contributed by atoms with van der Waals surface area (Å²) in [5.74, 6) is 1.35. The second-order valence-corrected chi connectivity index (χ2v) is 10.4. The van der Waals surface area contributed by atoms with Gasteiger partial charge >= 0.3 is 6.09 Å². The molecule has 3 aliphatic heterocycles. The Kier molecular flexibility index (Phi) is 6.44. The van der Waals surface area contributed by atoms with Gasteiger partial charge in [-0.1, -0.05) is 38.1 Å². The van der Waals surface area contributed by atoms with Crippen molar-refractivity contribution in [3.8, 4) is 0 Å². The number of likely N-dealkylation sites (N-methyl/N-ethyl adjacent to an activating group) is 1. The molecule has 182 valence electrons. The smallest absolute Gasteiger partial charge is 0.415 e. The lowest BCUT2D eigenvalue weighted by Crippen LogP contribution is -2.51. The van der Waals surface area contributed by atoms with Gasteiger partial charge in [0, 0.05) is 37.9 Å². The van der Waals surface area contributed by atoms with Crippen LogP contribution in [-0.4, -0.2) is 70.7 Å². The van der Waals surface area contributed by atoms with Crippen LogP contribution in [0.4, 0.5) is 16.6 Å². The molecule has 2 bridgehead atoms. The molecule has 2 aromatic rings. The van der Waals surface area contributed by atoms with E-state index in [4.69, 9.17) is 4.74 Å². The molecule has 3 saturated heterocycles. The fourth-order valence-electron chi connectivity index (χ4n) is 5.60. The maximum atomic E-state index is 12.3. The Morgan fingerprint density at radius 1 is 1.09 bits per heavy atom. The van der Waals surface area contributed by atoms with Gasteiger partial charge in [-0.25, -0.2) is 9.78 Å². The SMILES string of the molecule is CC(Nc1nccc(N2C(=O)OCC2C(C)C)n1)c1ccc(CN2C3CCC2CN(C)C3)cc1. The Bertz CT molecular complexity index is 999. The minimum atomic E-state index is -0.347. The minimum absolute atomic E-state index is 0.0178. The summed E-state index contributed by atoms with van der Waals surface area (Å²) in [6, 6.07) is 12.0. The zero-order valence-corrected chi connectivity index (χ0v) is 20.6. The minimum Gasteiger partial charge on any atom is -0.447 e. The quantitative estimate of drug-likeness (QED) is 0.666. The first-order chi connectivity index (χ1) is 16.4. The molecule has 0 aliphatic carbocycles. The van der Waals surface area contributed by atoms with E-state index >= 15 is 0 Å². The van der Waals surface area contributed by atoms with Gasteiger partial charge < -0.3 is 15.0 Å². The number of hydrogen-bond acceptors (Lipinski definition) is 7. The number of cyclic esters (lactones) is 1. The molecule has 5 rings (SSSR count). The van der Waals surface area contributed by atoms with Crippen molar-refractivity contribution in [2.45, 2.75) is 64.3 Å². The predicted octanol–water partition coefficient (Wildman–Crippen LogP) is 3.91. The van der Waals surface area contributed by atoms with Crippen molar-refractivity contribution in [2.24, 2.45) is 5.92 Å². The van der Waals surface area contributed by atoms with Gasteiger partial charge in [-0.2, -0.15) is 4.98 Å². The molecule has 1 aromatic carbocycles. The maximum Gasteiger partial charge on any atom is 0.415 e. The molecule has 34 heavy (non-hydrogen) atoms. The number of piperazine rings is 1. The third-order valence-corrected chi connectivity index (χ3v) is 7.57. The van der Waals surface area contributed by atoms with E-state index in [9.17, 15) is 4.79 Å². The zero-order chi connectivity index (χ0) is 23.8. The lowest BCUT2D eigenvalue weighted by Gasteiger charge is -2.39. The summed E-state index contributed by atoms with van der Waals surface area (Å²) >= 11 is 0. The average Bonchev–Trinajstić information content (AvgIpc) is 3.31. The van der Waals surface area contributed by atoms with Crippen molar-refractivity contribution >= 4 is 17.9 Å². The normalized spacial score (nSPS) is 26.2. The molecule has 3 fully saturated rings. The monoisotopic (exact) mass is 464 g/mol. The zero-order valence-electron chi connectivity index (χ0n) is 20.6. The van der Waals surface area contributed by atoms with Crippen LogP contribution in [0.1, 0.15) is 50.8 Å². The second kappa shape index (κ2) is 9.50. The highest BCUT2D eigenvalue weighted by atomic mass is 16.6. The van der Waals surface area contributed by atoms with E-state index in [1.165, 1.54) is 37.1 Å². The molecular weight excluding hydrogens is 428 g/mol. The maximum absolute atomic E-state index is 12.3. The number of aromatic nitrogens is 2. The van der Waals surface area contributed by atoms with E-state index in [1.54, 1.807) is 17.2 Å². The van der Waals surface area contributed by atoms with Crippen molar-refractivity contribution in [1.82, 2.24) is 19.8 Å². The number of amides is 1. The molecule has 4 heterocycles. The van der Waals surface area contributed by atoms with E-state index < -0.39 is 0 Å². The lowest BCUT2D eigenvalue weighted by atomic mass is 10.0. The van der Waals surface area contributed by atoms with Gasteiger partial charge in [-0.3, -0.25) is 9.80 Å². The Morgan fingerprint density at radius 2 is 1.79 bits per heavy atom. The van der Waals surface area contributed by atoms with Gasteiger partial charge in [0.25, 0.3) is 0 Å². The number of benzene rings is 1. The number of fused-ring (bicyclic) bond motifs is 2. The summed E-state index contributed by atoms with van der Waals surface area (Å²) in [6.07, 6.45) is 3.98. The average molecular weight is 465 g/mol. The first kappa shape index (κ1) is 23.1. The predicted molar refractivity (Wildman–Crippen MR) is 133 cm³/mol. The van der Waals surface area contributed by atoms with Crippen LogP contribution < -0.4 is 10.2 Å². The van der Waals surface area contributed by atoms with Crippen molar-refractivity contribution < 1.29 is 9.53 Å². The molecule has 0 spiro atoms. The van der Waals surface area contributed by atoms with Gasteiger partial charge in [0.15, 0.2) is 0 Å². The summed E-state index contributed by atoms with van der Waals surface area (Å²) in [5, 5.41) is 3.39. The lowest BCUT2D eigenvalue weighted by molar-refractivity contribution is 0.0760. The molecule has 0 radical (unpaired) electrons. The summed E-state index contributed by atoms with van der Waals surface area (Å²) in [4.78, 5) is 28.1. The number of nitrogens with one attached hydrogen (secondary N) is 1. The van der Waals surface area contributed by atoms with Crippen LogP contribution in [0.2, 0.25) is 0 Å². The van der Waals surface area contributed by atoms with Gasteiger partial charge in [0.1, 0.15) is 12.4 Å². The summed E-state index contributed by atoms with van der Waals surface area (Å²) < 4.78 is 5.27. The fraction of sp³-hybridized carbons (Fsp3) is 0.577. The van der Waals surface area contributed by atoms with E-state index in [2.05, 4.69) is 77.2 Å². The molecule has 3 aliphatic rings. The van der Waals surface area contributed by atoms with E-state index in [1.807, 2.05) is 0 Å². The Morgan fingerprint density at radius 3 is 2.47 bits per heavy atom. The highest BCUT2D eigenvalue weighted by Crippen LogP contribution is 2.31. The van der Waals surface area contributed by atoms with Gasteiger partial charge in [0.05, 0.1) is 12.1 Å². The number of nitrogens with zero attached hydrogens (tertiary/aromatic N) is 5. The topological polar surface area (TPSA) is 73.8 Å². The highest BCUT2D eigenvalue weighted by molar-refractivity contribution is 5.89. The molecule has 4 unspecified atom stereocenters. The van der Waals surface area contributed by atoms with Crippen LogP contribution in [0.3, 0.4) is 0 Å². The third-order valence-electron chi connectivity index (χ3n) is 7.57. The molecule has 1 amide bonds. The van der Waals surface area contributed by atoms with Crippen LogP contribution >= 0.6 is 0 Å². The number of rotatable bonds is 7. The number of anilines is 2. The second-order valence-electron chi connectivity index (χ2n) is 10.4. The van der Waals surface area contributed by atoms with Gasteiger partial charge in [-0.15, -0.1) is 0 Å². The summed E-state index contributed by atoms with van der Waals surface area (Å²) in [7, 11) is 2.24. The number of ether oxygens (including phenoxy) is 1. The van der Waals surface area contributed by atoms with Crippen LogP contribution in [0, 0.1) is 5.92 Å². The molecule has 0 saturated carbocycles. The fourth-order valence-corrected chi connectivity index (χ4v) is 5.60. The third kappa shape index (κ3) is 4.61. The summed E-state index contributed by atoms with van der Waals surface area (Å²) in [6.45, 7) is 10.1. The first-order valence-electron chi connectivity index (χ1n) is 12.5. The molecule has 8 nitrogen and oxygen atoms in total. The van der Waals surface area contributed by atoms with Gasteiger partial charge in [-0.05, 0) is 49.9 Å². The van der Waals surface area contributed by atoms with E-state index in [0.29, 0.717) is 30.5 Å². The molecule has 8 heteroatoms. The van der Waals surface area contributed by atoms with Crippen molar-refractivity contribution in [2.75, 3.05) is 37.0 Å². The summed E-state index contributed by atoms with van der Waals surface area (Å²) in [5.41, 5.74) is 2.54. The molecule has 1 aromatic heterocycles. The largest absolute Gasteiger partial charge is 0.447 e. The number of carbonyl (C=O) groups is 1. The number of likely N-dealkylation sites (tertiary alicyclic amines) is 1. The Hall–Kier alpha value is -2.71. The highest BCUT2D eigenvalue weighted by Gasteiger charge is 2.39. The molecular formula is C26H36N6O2. The molecule has 1 N–H and O–H groups in total.